The van der Waals surface area contributed by atoms with Crippen LogP contribution in [0.4, 0.5) is 0 Å². The predicted molar refractivity (Wildman–Crippen MR) is 84.9 cm³/mol. The first-order valence-corrected chi connectivity index (χ1v) is 8.78. The maximum Gasteiger partial charge on any atom is 0.0595 e. The quantitative estimate of drug-likeness (QED) is 0.679. The van der Waals surface area contributed by atoms with Crippen LogP contribution in [0.1, 0.15) is 44.1 Å². The maximum atomic E-state index is 3.92. The second-order valence-corrected chi connectivity index (χ2v) is 8.34. The van der Waals surface area contributed by atoms with Gasteiger partial charge in [-0.25, -0.2) is 0 Å². The first-order chi connectivity index (χ1) is 9.73. The second-order valence-electron chi connectivity index (χ2n) is 7.55. The molecule has 2 heteroatoms. The van der Waals surface area contributed by atoms with Crippen LogP contribution in [0.25, 0.3) is 5.52 Å². The van der Waals surface area contributed by atoms with Gasteiger partial charge in [0.15, 0.2) is 0 Å². The van der Waals surface area contributed by atoms with Gasteiger partial charge in [0.05, 0.1) is 5.52 Å². The molecule has 4 fully saturated rings. The molecule has 4 saturated carbocycles. The average Bonchev–Trinajstić information content (AvgIpc) is 2.76. The Morgan fingerprint density at radius 1 is 1.00 bits per heavy atom. The van der Waals surface area contributed by atoms with Crippen LogP contribution in [0.2, 0.25) is 0 Å². The third-order valence-electron chi connectivity index (χ3n) is 6.23. The van der Waals surface area contributed by atoms with E-state index in [1.54, 1.807) is 5.56 Å². The molecule has 0 spiro atoms. The Bertz CT molecular complexity index is 648. The maximum absolute atomic E-state index is 3.92. The summed E-state index contributed by atoms with van der Waals surface area (Å²) in [7, 11) is 0. The van der Waals surface area contributed by atoms with Crippen LogP contribution in [0, 0.1) is 17.8 Å². The van der Waals surface area contributed by atoms with Gasteiger partial charge in [0, 0.05) is 16.9 Å². The third-order valence-corrected chi connectivity index (χ3v) is 7.06. The van der Waals surface area contributed by atoms with Crippen molar-refractivity contribution >= 4 is 21.4 Å². The highest BCUT2D eigenvalue weighted by atomic mass is 79.9. The molecule has 0 aliphatic heterocycles. The van der Waals surface area contributed by atoms with Crippen molar-refractivity contribution in [2.45, 2.75) is 43.9 Å². The average molecular weight is 330 g/mol. The Kier molecular flexibility index (Phi) is 2.32. The molecule has 4 aliphatic carbocycles. The first kappa shape index (κ1) is 11.9. The van der Waals surface area contributed by atoms with E-state index in [9.17, 15) is 0 Å². The lowest BCUT2D eigenvalue weighted by atomic mass is 9.48. The molecule has 0 saturated heterocycles. The van der Waals surface area contributed by atoms with Gasteiger partial charge < -0.3 is 4.40 Å². The van der Waals surface area contributed by atoms with Gasteiger partial charge in [-0.2, -0.15) is 0 Å². The Balaban J connectivity index is 1.69. The number of aromatic nitrogens is 1. The summed E-state index contributed by atoms with van der Waals surface area (Å²) in [6, 6.07) is 6.50. The number of hydrogen-bond donors (Lipinski definition) is 0. The first-order valence-electron chi connectivity index (χ1n) is 7.99. The minimum atomic E-state index is 0.486. The van der Waals surface area contributed by atoms with Crippen molar-refractivity contribution < 1.29 is 0 Å². The Morgan fingerprint density at radius 3 is 2.25 bits per heavy atom. The standard InChI is InChI=1S/C18H20BrN/c19-17-15(11-20-4-2-1-3-16(17)20)18-8-12-5-13(9-18)7-14(6-12)10-18/h1-4,11-14H,5-10H2. The fourth-order valence-electron chi connectivity index (χ4n) is 5.90. The summed E-state index contributed by atoms with van der Waals surface area (Å²) in [5.41, 5.74) is 3.42. The van der Waals surface area contributed by atoms with Crippen LogP contribution in [-0.4, -0.2) is 4.40 Å². The van der Waals surface area contributed by atoms with Crippen molar-refractivity contribution in [1.82, 2.24) is 4.40 Å². The van der Waals surface area contributed by atoms with E-state index in [2.05, 4.69) is 50.9 Å². The van der Waals surface area contributed by atoms with Gasteiger partial charge in [0.2, 0.25) is 0 Å². The van der Waals surface area contributed by atoms with Gasteiger partial charge in [-0.3, -0.25) is 0 Å². The minimum absolute atomic E-state index is 0.486. The molecule has 0 N–H and O–H groups in total. The monoisotopic (exact) mass is 329 g/mol. The molecule has 104 valence electrons. The highest BCUT2D eigenvalue weighted by Gasteiger charge is 2.52. The third kappa shape index (κ3) is 1.49. The van der Waals surface area contributed by atoms with E-state index < -0.39 is 0 Å². The molecule has 0 amide bonds. The molecule has 0 aromatic carbocycles. The van der Waals surface area contributed by atoms with Gasteiger partial charge in [-0.15, -0.1) is 0 Å². The van der Waals surface area contributed by atoms with E-state index in [1.807, 2.05) is 0 Å². The van der Waals surface area contributed by atoms with E-state index >= 15 is 0 Å². The number of rotatable bonds is 1. The van der Waals surface area contributed by atoms with Gasteiger partial charge in [0.1, 0.15) is 0 Å². The summed E-state index contributed by atoms with van der Waals surface area (Å²) in [6.45, 7) is 0. The van der Waals surface area contributed by atoms with Crippen molar-refractivity contribution in [2.75, 3.05) is 0 Å². The normalized spacial score (nSPS) is 38.8. The smallest absolute Gasteiger partial charge is 0.0595 e. The van der Waals surface area contributed by atoms with Gasteiger partial charge in [0.25, 0.3) is 0 Å². The lowest BCUT2D eigenvalue weighted by Crippen LogP contribution is -2.48. The zero-order valence-corrected chi connectivity index (χ0v) is 13.3. The summed E-state index contributed by atoms with van der Waals surface area (Å²) >= 11 is 3.92. The number of nitrogens with zero attached hydrogens (tertiary/aromatic N) is 1. The summed E-state index contributed by atoms with van der Waals surface area (Å²) < 4.78 is 3.66. The molecule has 0 radical (unpaired) electrons. The summed E-state index contributed by atoms with van der Waals surface area (Å²) in [5, 5.41) is 0. The van der Waals surface area contributed by atoms with Crippen molar-refractivity contribution in [3.05, 3.63) is 40.6 Å². The molecular weight excluding hydrogens is 310 g/mol. The molecule has 20 heavy (non-hydrogen) atoms. The van der Waals surface area contributed by atoms with E-state index in [-0.39, 0.29) is 0 Å². The van der Waals surface area contributed by atoms with Crippen molar-refractivity contribution in [3.8, 4) is 0 Å². The number of halogens is 1. The molecule has 2 heterocycles. The van der Waals surface area contributed by atoms with Crippen LogP contribution >= 0.6 is 15.9 Å². The van der Waals surface area contributed by atoms with Crippen molar-refractivity contribution in [2.24, 2.45) is 17.8 Å². The van der Waals surface area contributed by atoms with E-state index in [0.717, 1.165) is 17.8 Å². The van der Waals surface area contributed by atoms with Crippen molar-refractivity contribution in [3.63, 3.8) is 0 Å². The van der Waals surface area contributed by atoms with Crippen molar-refractivity contribution in [1.29, 1.82) is 0 Å². The van der Waals surface area contributed by atoms with Gasteiger partial charge in [-0.1, -0.05) is 6.07 Å². The molecule has 1 nitrogen and oxygen atoms in total. The zero-order chi connectivity index (χ0) is 13.3. The van der Waals surface area contributed by atoms with Crippen LogP contribution in [-0.2, 0) is 5.41 Å². The Labute approximate surface area is 128 Å². The Morgan fingerprint density at radius 2 is 1.65 bits per heavy atom. The highest BCUT2D eigenvalue weighted by molar-refractivity contribution is 9.10. The van der Waals surface area contributed by atoms with Gasteiger partial charge in [-0.05, 0) is 95.3 Å². The van der Waals surface area contributed by atoms with Crippen LogP contribution in [0.3, 0.4) is 0 Å². The topological polar surface area (TPSA) is 4.41 Å². The lowest BCUT2D eigenvalue weighted by molar-refractivity contribution is -0.00543. The number of hydrogen-bond acceptors (Lipinski definition) is 0. The molecular formula is C18H20BrN. The summed E-state index contributed by atoms with van der Waals surface area (Å²) in [5.74, 6) is 3.03. The number of fused-ring (bicyclic) bond motifs is 1. The van der Waals surface area contributed by atoms with Crippen LogP contribution in [0.5, 0.6) is 0 Å². The van der Waals surface area contributed by atoms with Gasteiger partial charge >= 0.3 is 0 Å². The summed E-state index contributed by atoms with van der Waals surface area (Å²) in [6.07, 6.45) is 13.5. The molecule has 2 aromatic rings. The molecule has 0 atom stereocenters. The van der Waals surface area contributed by atoms with Crippen LogP contribution in [0.15, 0.2) is 35.1 Å². The highest BCUT2D eigenvalue weighted by Crippen LogP contribution is 2.61. The molecule has 2 aromatic heterocycles. The molecule has 6 rings (SSSR count). The lowest BCUT2D eigenvalue weighted by Gasteiger charge is -2.57. The minimum Gasteiger partial charge on any atom is -0.322 e. The molecule has 0 unspecified atom stereocenters. The van der Waals surface area contributed by atoms with Crippen LogP contribution < -0.4 is 0 Å². The fourth-order valence-corrected chi connectivity index (χ4v) is 6.76. The SMILES string of the molecule is Brc1c(C23CC4CC(CC(C4)C2)C3)cn2ccccc12. The number of pyridine rings is 1. The predicted octanol–water partition coefficient (Wildman–Crippen LogP) is 5.17. The molecule has 4 aliphatic rings. The largest absolute Gasteiger partial charge is 0.322 e. The molecule has 4 bridgehead atoms. The van der Waals surface area contributed by atoms with E-state index in [0.29, 0.717) is 5.41 Å². The Hall–Kier alpha value is -0.760. The zero-order valence-electron chi connectivity index (χ0n) is 11.7. The fraction of sp³-hybridized carbons (Fsp3) is 0.556. The summed E-state index contributed by atoms with van der Waals surface area (Å²) in [4.78, 5) is 0. The second kappa shape index (κ2) is 3.91. The van der Waals surface area contributed by atoms with E-state index in [1.165, 1.54) is 48.5 Å². The van der Waals surface area contributed by atoms with E-state index in [4.69, 9.17) is 0 Å².